The van der Waals surface area contributed by atoms with Gasteiger partial charge in [-0.25, -0.2) is 0 Å². The molecule has 1 aromatic heterocycles. The molecule has 2 rings (SSSR count). The molecule has 0 fully saturated rings. The smallest absolute Gasteiger partial charge is 0.153 e. The van der Waals surface area contributed by atoms with Crippen LogP contribution in [0.5, 0.6) is 5.75 Å². The molecule has 0 bridgehead atoms. The average Bonchev–Trinajstić information content (AvgIpc) is 2.73. The van der Waals surface area contributed by atoms with E-state index in [9.17, 15) is 4.79 Å². The molecule has 0 aliphatic rings. The molecule has 0 N–H and O–H groups in total. The minimum Gasteiger partial charge on any atom is -0.487 e. The Labute approximate surface area is 126 Å². The number of carbonyl (C=O) groups excluding carboxylic acids is 1. The van der Waals surface area contributed by atoms with Gasteiger partial charge in [0.05, 0.1) is 9.35 Å². The summed E-state index contributed by atoms with van der Waals surface area (Å²) in [6.07, 6.45) is 0.817. The van der Waals surface area contributed by atoms with Crippen LogP contribution in [-0.4, -0.2) is 6.29 Å². The van der Waals surface area contributed by atoms with Crippen LogP contribution in [0.4, 0.5) is 0 Å². The highest BCUT2D eigenvalue weighted by Gasteiger charge is 2.09. The fraction of sp³-hybridized carbons (Fsp3) is 0.154. The van der Waals surface area contributed by atoms with Crippen molar-refractivity contribution in [1.29, 1.82) is 0 Å². The number of rotatable bonds is 4. The molecule has 0 saturated heterocycles. The van der Waals surface area contributed by atoms with Gasteiger partial charge in [-0.2, -0.15) is 0 Å². The Morgan fingerprint density at radius 1 is 1.33 bits per heavy atom. The van der Waals surface area contributed by atoms with Gasteiger partial charge in [-0.05, 0) is 52.7 Å². The van der Waals surface area contributed by atoms with E-state index in [1.807, 2.05) is 25.1 Å². The van der Waals surface area contributed by atoms with Crippen molar-refractivity contribution in [3.8, 4) is 5.75 Å². The highest BCUT2D eigenvalue weighted by Crippen LogP contribution is 2.29. The summed E-state index contributed by atoms with van der Waals surface area (Å²) < 4.78 is 7.71. The lowest BCUT2D eigenvalue weighted by Gasteiger charge is -2.11. The first-order chi connectivity index (χ1) is 8.60. The van der Waals surface area contributed by atoms with E-state index in [1.54, 1.807) is 17.4 Å². The lowest BCUT2D eigenvalue weighted by Crippen LogP contribution is -1.99. The third-order valence-corrected chi connectivity index (χ3v) is 4.44. The molecule has 0 radical (unpaired) electrons. The van der Waals surface area contributed by atoms with Crippen molar-refractivity contribution in [2.24, 2.45) is 0 Å². The lowest BCUT2D eigenvalue weighted by molar-refractivity contribution is 0.111. The summed E-state index contributed by atoms with van der Waals surface area (Å²) in [6, 6.07) is 7.69. The summed E-state index contributed by atoms with van der Waals surface area (Å²) in [4.78, 5) is 12.2. The molecule has 0 saturated carbocycles. The molecular weight excluding hydrogens is 380 g/mol. The quantitative estimate of drug-likeness (QED) is 0.689. The standard InChI is InChI=1S/C13H10Br2O2S/c1-8-4-10(14)5-9(6-16)13(8)17-7-11-2-3-12(15)18-11/h2-6H,7H2,1H3. The van der Waals surface area contributed by atoms with Gasteiger partial charge in [0, 0.05) is 9.35 Å². The zero-order chi connectivity index (χ0) is 13.1. The van der Waals surface area contributed by atoms with Crippen molar-refractivity contribution < 1.29 is 9.53 Å². The van der Waals surface area contributed by atoms with E-state index in [0.717, 1.165) is 25.0 Å². The van der Waals surface area contributed by atoms with Gasteiger partial charge < -0.3 is 4.74 Å². The molecule has 0 amide bonds. The van der Waals surface area contributed by atoms with E-state index in [4.69, 9.17) is 4.74 Å². The van der Waals surface area contributed by atoms with Crippen molar-refractivity contribution in [1.82, 2.24) is 0 Å². The van der Waals surface area contributed by atoms with Crippen LogP contribution < -0.4 is 4.74 Å². The molecule has 0 spiro atoms. The molecule has 18 heavy (non-hydrogen) atoms. The van der Waals surface area contributed by atoms with Gasteiger partial charge in [0.2, 0.25) is 0 Å². The van der Waals surface area contributed by atoms with Crippen molar-refractivity contribution in [3.63, 3.8) is 0 Å². The Morgan fingerprint density at radius 2 is 2.11 bits per heavy atom. The molecule has 94 valence electrons. The zero-order valence-electron chi connectivity index (χ0n) is 9.57. The number of hydrogen-bond donors (Lipinski definition) is 0. The first kappa shape index (κ1) is 13.8. The fourth-order valence-electron chi connectivity index (χ4n) is 1.61. The molecule has 2 aromatic rings. The monoisotopic (exact) mass is 388 g/mol. The molecule has 1 heterocycles. The van der Waals surface area contributed by atoms with Gasteiger partial charge in [-0.15, -0.1) is 11.3 Å². The number of hydrogen-bond acceptors (Lipinski definition) is 3. The average molecular weight is 390 g/mol. The highest BCUT2D eigenvalue weighted by atomic mass is 79.9. The summed E-state index contributed by atoms with van der Waals surface area (Å²) in [6.45, 7) is 2.40. The number of aryl methyl sites for hydroxylation is 1. The normalized spacial score (nSPS) is 10.4. The minimum absolute atomic E-state index is 0.472. The van der Waals surface area contributed by atoms with E-state index < -0.39 is 0 Å². The van der Waals surface area contributed by atoms with Gasteiger partial charge in [0.15, 0.2) is 6.29 Å². The molecule has 0 aliphatic carbocycles. The summed E-state index contributed by atoms with van der Waals surface area (Å²) in [5.74, 6) is 0.651. The van der Waals surface area contributed by atoms with Crippen molar-refractivity contribution in [3.05, 3.63) is 48.5 Å². The van der Waals surface area contributed by atoms with Crippen LogP contribution in [-0.2, 0) is 6.61 Å². The lowest BCUT2D eigenvalue weighted by atomic mass is 10.1. The Bertz CT molecular complexity index is 578. The molecule has 0 unspecified atom stereocenters. The van der Waals surface area contributed by atoms with Crippen LogP contribution in [0.15, 0.2) is 32.5 Å². The Hall–Kier alpha value is -0.650. The predicted molar refractivity (Wildman–Crippen MR) is 80.6 cm³/mol. The van der Waals surface area contributed by atoms with Gasteiger partial charge in [-0.1, -0.05) is 15.9 Å². The number of benzene rings is 1. The number of aldehydes is 1. The maximum Gasteiger partial charge on any atom is 0.153 e. The van der Waals surface area contributed by atoms with Gasteiger partial charge >= 0.3 is 0 Å². The topological polar surface area (TPSA) is 26.3 Å². The Morgan fingerprint density at radius 3 is 2.72 bits per heavy atom. The zero-order valence-corrected chi connectivity index (χ0v) is 13.6. The third kappa shape index (κ3) is 3.22. The molecule has 2 nitrogen and oxygen atoms in total. The van der Waals surface area contributed by atoms with Gasteiger partial charge in [0.25, 0.3) is 0 Å². The number of carbonyl (C=O) groups is 1. The summed E-state index contributed by atoms with van der Waals surface area (Å²) in [5.41, 5.74) is 1.51. The van der Waals surface area contributed by atoms with E-state index >= 15 is 0 Å². The number of halogens is 2. The first-order valence-corrected chi connectivity index (χ1v) is 7.62. The van der Waals surface area contributed by atoms with E-state index in [2.05, 4.69) is 31.9 Å². The van der Waals surface area contributed by atoms with Crippen LogP contribution in [0.25, 0.3) is 0 Å². The third-order valence-electron chi connectivity index (χ3n) is 2.38. The SMILES string of the molecule is Cc1cc(Br)cc(C=O)c1OCc1ccc(Br)s1. The van der Waals surface area contributed by atoms with Crippen molar-refractivity contribution in [2.75, 3.05) is 0 Å². The van der Waals surface area contributed by atoms with Crippen LogP contribution in [0.3, 0.4) is 0 Å². The van der Waals surface area contributed by atoms with Crippen LogP contribution >= 0.6 is 43.2 Å². The molecule has 0 atom stereocenters. The summed E-state index contributed by atoms with van der Waals surface area (Å²) in [5, 5.41) is 0. The van der Waals surface area contributed by atoms with E-state index in [-0.39, 0.29) is 0 Å². The van der Waals surface area contributed by atoms with Crippen molar-refractivity contribution >= 4 is 49.5 Å². The van der Waals surface area contributed by atoms with Crippen molar-refractivity contribution in [2.45, 2.75) is 13.5 Å². The fourth-order valence-corrected chi connectivity index (χ4v) is 3.60. The molecule has 0 aliphatic heterocycles. The molecule has 1 aromatic carbocycles. The van der Waals surface area contributed by atoms with E-state index in [1.165, 1.54) is 0 Å². The molecular formula is C13H10Br2O2S. The first-order valence-electron chi connectivity index (χ1n) is 5.22. The second-order valence-corrected chi connectivity index (χ2v) is 7.22. The summed E-state index contributed by atoms with van der Waals surface area (Å²) in [7, 11) is 0. The maximum absolute atomic E-state index is 11.0. The largest absolute Gasteiger partial charge is 0.487 e. The Balaban J connectivity index is 2.20. The second kappa shape index (κ2) is 5.99. The number of thiophene rings is 1. The second-order valence-electron chi connectivity index (χ2n) is 3.75. The maximum atomic E-state index is 11.0. The minimum atomic E-state index is 0.472. The van der Waals surface area contributed by atoms with Crippen LogP contribution in [0.2, 0.25) is 0 Å². The summed E-state index contributed by atoms with van der Waals surface area (Å²) >= 11 is 8.40. The molecule has 5 heteroatoms. The highest BCUT2D eigenvalue weighted by molar-refractivity contribution is 9.11. The van der Waals surface area contributed by atoms with Crippen LogP contribution in [0.1, 0.15) is 20.8 Å². The predicted octanol–water partition coefficient (Wildman–Crippen LogP) is 4.97. The van der Waals surface area contributed by atoms with Gasteiger partial charge in [-0.3, -0.25) is 4.79 Å². The van der Waals surface area contributed by atoms with Gasteiger partial charge in [0.1, 0.15) is 12.4 Å². The van der Waals surface area contributed by atoms with E-state index in [0.29, 0.717) is 17.9 Å². The van der Waals surface area contributed by atoms with Crippen LogP contribution in [0, 0.1) is 6.92 Å². The Kier molecular flexibility index (Phi) is 4.59. The number of ether oxygens (including phenoxy) is 1.